The van der Waals surface area contributed by atoms with Crippen LogP contribution < -0.4 is 5.73 Å². The lowest BCUT2D eigenvalue weighted by Gasteiger charge is -2.26. The van der Waals surface area contributed by atoms with Crippen LogP contribution >= 0.6 is 0 Å². The van der Waals surface area contributed by atoms with Crippen molar-refractivity contribution in [2.45, 2.75) is 6.42 Å². The van der Waals surface area contributed by atoms with Crippen molar-refractivity contribution in [1.29, 1.82) is 0 Å². The lowest BCUT2D eigenvalue weighted by molar-refractivity contribution is -0.121. The highest BCUT2D eigenvalue weighted by Gasteiger charge is 2.18. The summed E-state index contributed by atoms with van der Waals surface area (Å²) < 4.78 is 0. The van der Waals surface area contributed by atoms with Gasteiger partial charge in [-0.1, -0.05) is 12.2 Å². The number of hydrogen-bond acceptors (Lipinski definition) is 3. The average Bonchev–Trinajstić information content (AvgIpc) is 2.15. The molecule has 0 aromatic carbocycles. The number of hydrogen-bond donors (Lipinski definition) is 2. The number of aliphatic hydroxyl groups is 1. The van der Waals surface area contributed by atoms with Gasteiger partial charge in [0.1, 0.15) is 0 Å². The lowest BCUT2D eigenvalue weighted by Crippen LogP contribution is -2.39. The van der Waals surface area contributed by atoms with Crippen LogP contribution in [0.25, 0.3) is 0 Å². The highest BCUT2D eigenvalue weighted by atomic mass is 16.3. The number of carbonyl (C=O) groups excluding carboxylic acids is 1. The standard InChI is InChI=1S/C9H16N2O2/c10-9(13)8-3-1-4-11(7-8)5-2-6-12/h1,3,8,12H,2,4-7H2,(H2,10,13). The van der Waals surface area contributed by atoms with Crippen LogP contribution in [0.3, 0.4) is 0 Å². The van der Waals surface area contributed by atoms with E-state index in [1.807, 2.05) is 12.2 Å². The Morgan fingerprint density at radius 1 is 1.69 bits per heavy atom. The molecule has 0 fully saturated rings. The van der Waals surface area contributed by atoms with Gasteiger partial charge in [0.05, 0.1) is 5.92 Å². The van der Waals surface area contributed by atoms with E-state index in [2.05, 4.69) is 4.90 Å². The molecule has 0 aromatic heterocycles. The molecule has 1 aliphatic heterocycles. The Bertz CT molecular complexity index is 204. The third kappa shape index (κ3) is 3.16. The van der Waals surface area contributed by atoms with Crippen molar-refractivity contribution in [3.63, 3.8) is 0 Å². The van der Waals surface area contributed by atoms with Crippen LogP contribution in [0.4, 0.5) is 0 Å². The fourth-order valence-electron chi connectivity index (χ4n) is 1.45. The quantitative estimate of drug-likeness (QED) is 0.570. The summed E-state index contributed by atoms with van der Waals surface area (Å²) in [5, 5.41) is 8.64. The minimum atomic E-state index is -0.273. The van der Waals surface area contributed by atoms with Gasteiger partial charge in [-0.2, -0.15) is 0 Å². The second-order valence-corrected chi connectivity index (χ2v) is 3.27. The van der Waals surface area contributed by atoms with Gasteiger partial charge >= 0.3 is 0 Å². The van der Waals surface area contributed by atoms with Crippen molar-refractivity contribution >= 4 is 5.91 Å². The zero-order valence-electron chi connectivity index (χ0n) is 7.65. The molecule has 0 radical (unpaired) electrons. The molecule has 0 aromatic rings. The van der Waals surface area contributed by atoms with Crippen molar-refractivity contribution in [3.05, 3.63) is 12.2 Å². The first kappa shape index (κ1) is 10.2. The highest BCUT2D eigenvalue weighted by molar-refractivity contribution is 5.78. The smallest absolute Gasteiger partial charge is 0.225 e. The van der Waals surface area contributed by atoms with E-state index in [-0.39, 0.29) is 18.4 Å². The van der Waals surface area contributed by atoms with Crippen molar-refractivity contribution in [2.24, 2.45) is 11.7 Å². The SMILES string of the molecule is NC(=O)C1C=CCN(CCCO)C1. The molecule has 0 saturated carbocycles. The first-order valence-electron chi connectivity index (χ1n) is 4.53. The Morgan fingerprint density at radius 3 is 3.08 bits per heavy atom. The Kier molecular flexibility index (Phi) is 3.92. The molecule has 1 aliphatic rings. The molecule has 4 heteroatoms. The maximum absolute atomic E-state index is 10.9. The van der Waals surface area contributed by atoms with Crippen molar-refractivity contribution in [3.8, 4) is 0 Å². The topological polar surface area (TPSA) is 66.6 Å². The fraction of sp³-hybridized carbons (Fsp3) is 0.667. The molecule has 1 rings (SSSR count). The molecule has 3 N–H and O–H groups in total. The Balaban J connectivity index is 2.37. The number of aliphatic hydroxyl groups excluding tert-OH is 1. The van der Waals surface area contributed by atoms with Gasteiger partial charge in [0.2, 0.25) is 5.91 Å². The monoisotopic (exact) mass is 184 g/mol. The molecule has 74 valence electrons. The van der Waals surface area contributed by atoms with Crippen LogP contribution in [0.2, 0.25) is 0 Å². The van der Waals surface area contributed by atoms with Crippen LogP contribution in [0, 0.1) is 5.92 Å². The number of rotatable bonds is 4. The minimum absolute atomic E-state index is 0.160. The van der Waals surface area contributed by atoms with E-state index in [1.54, 1.807) is 0 Å². The van der Waals surface area contributed by atoms with Gasteiger partial charge in [0.25, 0.3) is 0 Å². The number of nitrogens with zero attached hydrogens (tertiary/aromatic N) is 1. The Morgan fingerprint density at radius 2 is 2.46 bits per heavy atom. The lowest BCUT2D eigenvalue weighted by atomic mass is 10.0. The van der Waals surface area contributed by atoms with Gasteiger partial charge in [0, 0.05) is 26.2 Å². The van der Waals surface area contributed by atoms with Gasteiger partial charge in [-0.3, -0.25) is 9.69 Å². The molecule has 0 spiro atoms. The Hall–Kier alpha value is -0.870. The minimum Gasteiger partial charge on any atom is -0.396 e. The van der Waals surface area contributed by atoms with E-state index in [0.29, 0.717) is 6.54 Å². The van der Waals surface area contributed by atoms with Crippen molar-refractivity contribution in [1.82, 2.24) is 4.90 Å². The highest BCUT2D eigenvalue weighted by Crippen LogP contribution is 2.08. The maximum atomic E-state index is 10.9. The molecule has 0 bridgehead atoms. The summed E-state index contributed by atoms with van der Waals surface area (Å²) in [5.74, 6) is -0.433. The van der Waals surface area contributed by atoms with Crippen LogP contribution in [-0.2, 0) is 4.79 Å². The summed E-state index contributed by atoms with van der Waals surface area (Å²) in [6, 6.07) is 0. The second kappa shape index (κ2) is 4.99. The zero-order chi connectivity index (χ0) is 9.68. The summed E-state index contributed by atoms with van der Waals surface area (Å²) in [7, 11) is 0. The molecule has 0 saturated heterocycles. The number of primary amides is 1. The first-order valence-corrected chi connectivity index (χ1v) is 4.53. The van der Waals surface area contributed by atoms with Gasteiger partial charge in [-0.05, 0) is 6.42 Å². The van der Waals surface area contributed by atoms with E-state index in [0.717, 1.165) is 19.5 Å². The average molecular weight is 184 g/mol. The number of amides is 1. The third-order valence-corrected chi connectivity index (χ3v) is 2.18. The molecule has 1 amide bonds. The summed E-state index contributed by atoms with van der Waals surface area (Å²) >= 11 is 0. The maximum Gasteiger partial charge on any atom is 0.225 e. The number of carbonyl (C=O) groups is 1. The molecule has 13 heavy (non-hydrogen) atoms. The predicted molar refractivity (Wildman–Crippen MR) is 50.0 cm³/mol. The van der Waals surface area contributed by atoms with Gasteiger partial charge in [0.15, 0.2) is 0 Å². The van der Waals surface area contributed by atoms with Crippen LogP contribution in [0.15, 0.2) is 12.2 Å². The molecular weight excluding hydrogens is 168 g/mol. The van der Waals surface area contributed by atoms with E-state index in [9.17, 15) is 4.79 Å². The second-order valence-electron chi connectivity index (χ2n) is 3.27. The summed E-state index contributed by atoms with van der Waals surface area (Å²) in [6.45, 7) is 2.56. The number of nitrogens with two attached hydrogens (primary N) is 1. The summed E-state index contributed by atoms with van der Waals surface area (Å²) in [5.41, 5.74) is 5.19. The van der Waals surface area contributed by atoms with Gasteiger partial charge in [-0.15, -0.1) is 0 Å². The van der Waals surface area contributed by atoms with Crippen molar-refractivity contribution < 1.29 is 9.90 Å². The fourth-order valence-corrected chi connectivity index (χ4v) is 1.45. The van der Waals surface area contributed by atoms with E-state index >= 15 is 0 Å². The van der Waals surface area contributed by atoms with E-state index in [1.165, 1.54) is 0 Å². The summed E-state index contributed by atoms with van der Waals surface area (Å²) in [4.78, 5) is 13.0. The molecule has 1 atom stereocenters. The van der Waals surface area contributed by atoms with Crippen LogP contribution in [0.5, 0.6) is 0 Å². The zero-order valence-corrected chi connectivity index (χ0v) is 7.65. The third-order valence-electron chi connectivity index (χ3n) is 2.18. The predicted octanol–water partition coefficient (Wildman–Crippen LogP) is -0.658. The Labute approximate surface area is 78.0 Å². The molecule has 1 unspecified atom stereocenters. The van der Waals surface area contributed by atoms with Gasteiger partial charge in [-0.25, -0.2) is 0 Å². The van der Waals surface area contributed by atoms with E-state index in [4.69, 9.17) is 10.8 Å². The molecule has 4 nitrogen and oxygen atoms in total. The molecule has 1 heterocycles. The summed E-state index contributed by atoms with van der Waals surface area (Å²) in [6.07, 6.45) is 4.56. The molecular formula is C9H16N2O2. The normalized spacial score (nSPS) is 23.3. The molecule has 0 aliphatic carbocycles. The first-order chi connectivity index (χ1) is 6.24. The van der Waals surface area contributed by atoms with Crippen LogP contribution in [0.1, 0.15) is 6.42 Å². The van der Waals surface area contributed by atoms with Gasteiger partial charge < -0.3 is 10.8 Å². The van der Waals surface area contributed by atoms with Crippen LogP contribution in [-0.4, -0.2) is 42.2 Å². The largest absolute Gasteiger partial charge is 0.396 e. The van der Waals surface area contributed by atoms with E-state index < -0.39 is 0 Å². The van der Waals surface area contributed by atoms with Crippen molar-refractivity contribution in [2.75, 3.05) is 26.2 Å².